The maximum atomic E-state index is 13.7. The number of carbonyl (C=O) groups excluding carboxylic acids is 1. The Hall–Kier alpha value is -4.84. The molecule has 0 radical (unpaired) electrons. The first kappa shape index (κ1) is 29.2. The largest absolute Gasteiger partial charge is 0.495 e. The molecule has 2 heterocycles. The van der Waals surface area contributed by atoms with Crippen molar-refractivity contribution in [2.75, 3.05) is 44.0 Å². The van der Waals surface area contributed by atoms with E-state index in [4.69, 9.17) is 16.4 Å². The maximum absolute atomic E-state index is 13.7. The Morgan fingerprint density at radius 3 is 2.54 bits per heavy atom. The third-order valence-electron chi connectivity index (χ3n) is 6.25. The number of fused-ring (bicyclic) bond motifs is 1. The summed E-state index contributed by atoms with van der Waals surface area (Å²) in [6.45, 7) is 2.70. The Morgan fingerprint density at radius 1 is 1.12 bits per heavy atom. The number of aromatic nitrogens is 4. The van der Waals surface area contributed by atoms with Crippen molar-refractivity contribution in [3.63, 3.8) is 0 Å². The minimum Gasteiger partial charge on any atom is -0.495 e. The summed E-state index contributed by atoms with van der Waals surface area (Å²) < 4.78 is 34.1. The van der Waals surface area contributed by atoms with Gasteiger partial charge in [-0.05, 0) is 31.2 Å². The number of likely N-dealkylation sites (N-methyl/N-ethyl adjacent to an activating group) is 2. The zero-order chi connectivity index (χ0) is 29.6. The topological polar surface area (TPSA) is 163 Å². The van der Waals surface area contributed by atoms with Gasteiger partial charge in [0.25, 0.3) is 5.91 Å². The lowest BCUT2D eigenvalue weighted by molar-refractivity contribution is 0.0705. The number of carbonyl (C=O) groups is 1. The number of benzene rings is 2. The summed E-state index contributed by atoms with van der Waals surface area (Å²) in [4.78, 5) is 30.2. The lowest BCUT2D eigenvalue weighted by atomic mass is 10.2. The van der Waals surface area contributed by atoms with E-state index >= 15 is 0 Å². The molecule has 4 rings (SSSR count). The molecule has 0 atom stereocenters. The molecule has 13 nitrogen and oxygen atoms in total. The number of amides is 1. The standard InChI is InChI=1S/C27H28N8O5S/c1-5-18-8-7-9-20(12-18)32-25-21-13-24(23(40-4)14-22(21)30-17-31-25)41(38,39)34(3)10-11-35(6-2)27-28-15-19(16-29-27)26(36)33-37/h1,7-9,12-17,37H,6,10-11H2,2-4H3,(H,33,36)(H,30,31,32). The first-order chi connectivity index (χ1) is 19.7. The predicted molar refractivity (Wildman–Crippen MR) is 153 cm³/mol. The van der Waals surface area contributed by atoms with E-state index in [9.17, 15) is 13.2 Å². The molecule has 0 fully saturated rings. The average Bonchev–Trinajstić information content (AvgIpc) is 3.00. The predicted octanol–water partition coefficient (Wildman–Crippen LogP) is 2.42. The second kappa shape index (κ2) is 12.6. The zero-order valence-corrected chi connectivity index (χ0v) is 23.4. The lowest BCUT2D eigenvalue weighted by Gasteiger charge is -2.25. The van der Waals surface area contributed by atoms with Crippen molar-refractivity contribution in [2.24, 2.45) is 0 Å². The van der Waals surface area contributed by atoms with Gasteiger partial charge in [0, 0.05) is 61.8 Å². The summed E-state index contributed by atoms with van der Waals surface area (Å²) in [5.41, 5.74) is 3.45. The second-order valence-corrected chi connectivity index (χ2v) is 10.7. The van der Waals surface area contributed by atoms with Crippen LogP contribution in [0.2, 0.25) is 0 Å². The first-order valence-corrected chi connectivity index (χ1v) is 13.8. The van der Waals surface area contributed by atoms with Gasteiger partial charge in [-0.15, -0.1) is 6.42 Å². The number of sulfonamides is 1. The number of nitrogens with one attached hydrogen (secondary N) is 2. The molecule has 0 aliphatic heterocycles. The fraction of sp³-hybridized carbons (Fsp3) is 0.222. The highest BCUT2D eigenvalue weighted by molar-refractivity contribution is 7.89. The Morgan fingerprint density at radius 2 is 1.88 bits per heavy atom. The average molecular weight is 577 g/mol. The van der Waals surface area contributed by atoms with Crippen molar-refractivity contribution in [3.05, 3.63) is 66.2 Å². The van der Waals surface area contributed by atoms with Crippen LogP contribution in [0.15, 0.2) is 60.0 Å². The van der Waals surface area contributed by atoms with Gasteiger partial charge in [0.1, 0.15) is 22.8 Å². The molecule has 0 saturated carbocycles. The Labute approximate surface area is 237 Å². The van der Waals surface area contributed by atoms with Gasteiger partial charge in [0.05, 0.1) is 18.2 Å². The molecule has 0 saturated heterocycles. The van der Waals surface area contributed by atoms with Crippen LogP contribution in [-0.2, 0) is 10.0 Å². The summed E-state index contributed by atoms with van der Waals surface area (Å²) in [5.74, 6) is 2.68. The molecule has 0 aliphatic carbocycles. The number of anilines is 3. The van der Waals surface area contributed by atoms with Gasteiger partial charge in [-0.2, -0.15) is 4.31 Å². The molecule has 14 heteroatoms. The molecule has 0 unspecified atom stereocenters. The number of rotatable bonds is 11. The van der Waals surface area contributed by atoms with E-state index in [1.54, 1.807) is 29.2 Å². The van der Waals surface area contributed by atoms with Crippen LogP contribution in [0.4, 0.5) is 17.5 Å². The molecule has 2 aromatic heterocycles. The Balaban J connectivity index is 1.61. The number of hydroxylamine groups is 1. The number of terminal acetylenes is 1. The highest BCUT2D eigenvalue weighted by Gasteiger charge is 2.27. The van der Waals surface area contributed by atoms with Gasteiger partial charge in [-0.1, -0.05) is 12.0 Å². The molecule has 212 valence electrons. The highest BCUT2D eigenvalue weighted by atomic mass is 32.2. The summed E-state index contributed by atoms with van der Waals surface area (Å²) in [6.07, 6.45) is 9.43. The van der Waals surface area contributed by atoms with Gasteiger partial charge in [0.2, 0.25) is 16.0 Å². The number of methoxy groups -OCH3 is 1. The third kappa shape index (κ3) is 6.33. The molecule has 4 aromatic rings. The summed E-state index contributed by atoms with van der Waals surface area (Å²) in [7, 11) is -1.17. The second-order valence-electron chi connectivity index (χ2n) is 8.71. The fourth-order valence-electron chi connectivity index (χ4n) is 3.96. The number of hydrogen-bond donors (Lipinski definition) is 3. The van der Waals surface area contributed by atoms with Crippen LogP contribution in [0.1, 0.15) is 22.8 Å². The molecule has 2 aromatic carbocycles. The van der Waals surface area contributed by atoms with Crippen molar-refractivity contribution in [1.82, 2.24) is 29.7 Å². The monoisotopic (exact) mass is 576 g/mol. The summed E-state index contributed by atoms with van der Waals surface area (Å²) in [6, 6.07) is 10.2. The molecule has 1 amide bonds. The Kier molecular flexibility index (Phi) is 8.93. The molecular formula is C27H28N8O5S. The van der Waals surface area contributed by atoms with Gasteiger partial charge in [0.15, 0.2) is 0 Å². The van der Waals surface area contributed by atoms with Crippen LogP contribution < -0.4 is 20.4 Å². The van der Waals surface area contributed by atoms with Crippen LogP contribution in [0, 0.1) is 12.3 Å². The van der Waals surface area contributed by atoms with Crippen molar-refractivity contribution in [2.45, 2.75) is 11.8 Å². The van der Waals surface area contributed by atoms with E-state index in [2.05, 4.69) is 31.2 Å². The van der Waals surface area contributed by atoms with E-state index in [0.29, 0.717) is 40.5 Å². The number of hydrogen-bond acceptors (Lipinski definition) is 11. The van der Waals surface area contributed by atoms with Crippen LogP contribution >= 0.6 is 0 Å². The van der Waals surface area contributed by atoms with Crippen molar-refractivity contribution < 1.29 is 23.2 Å². The SMILES string of the molecule is C#Cc1cccc(Nc2ncnc3cc(OC)c(S(=O)(=O)N(C)CCN(CC)c4ncc(C(=O)NO)cn4)cc23)c1. The van der Waals surface area contributed by atoms with Crippen molar-refractivity contribution >= 4 is 44.3 Å². The van der Waals surface area contributed by atoms with E-state index in [1.165, 1.54) is 48.7 Å². The third-order valence-corrected chi connectivity index (χ3v) is 8.13. The van der Waals surface area contributed by atoms with Gasteiger partial charge < -0.3 is 15.0 Å². The van der Waals surface area contributed by atoms with Crippen molar-refractivity contribution in [1.29, 1.82) is 0 Å². The summed E-state index contributed by atoms with van der Waals surface area (Å²) >= 11 is 0. The summed E-state index contributed by atoms with van der Waals surface area (Å²) in [5, 5.41) is 12.4. The molecule has 41 heavy (non-hydrogen) atoms. The number of ether oxygens (including phenoxy) is 1. The number of nitrogens with zero attached hydrogens (tertiary/aromatic N) is 6. The van der Waals surface area contributed by atoms with E-state index < -0.39 is 15.9 Å². The zero-order valence-electron chi connectivity index (χ0n) is 22.6. The van der Waals surface area contributed by atoms with Crippen LogP contribution in [-0.4, -0.2) is 77.6 Å². The molecular weight excluding hydrogens is 548 g/mol. The molecule has 3 N–H and O–H groups in total. The molecule has 0 spiro atoms. The van der Waals surface area contributed by atoms with Crippen LogP contribution in [0.3, 0.4) is 0 Å². The van der Waals surface area contributed by atoms with Crippen LogP contribution in [0.5, 0.6) is 5.75 Å². The fourth-order valence-corrected chi connectivity index (χ4v) is 5.28. The van der Waals surface area contributed by atoms with Crippen LogP contribution in [0.25, 0.3) is 10.9 Å². The normalized spacial score (nSPS) is 11.2. The van der Waals surface area contributed by atoms with E-state index in [1.807, 2.05) is 13.0 Å². The van der Waals surface area contributed by atoms with Gasteiger partial charge in [-0.25, -0.2) is 33.8 Å². The molecule has 0 aliphatic rings. The smallest absolute Gasteiger partial charge is 0.277 e. The van der Waals surface area contributed by atoms with E-state index in [-0.39, 0.29) is 29.3 Å². The minimum absolute atomic E-state index is 0.0520. The minimum atomic E-state index is -4.03. The van der Waals surface area contributed by atoms with Gasteiger partial charge >= 0.3 is 0 Å². The Bertz CT molecular complexity index is 1710. The highest BCUT2D eigenvalue weighted by Crippen LogP contribution is 2.33. The maximum Gasteiger partial charge on any atom is 0.277 e. The molecule has 0 bridgehead atoms. The van der Waals surface area contributed by atoms with E-state index in [0.717, 1.165) is 0 Å². The quantitative estimate of drug-likeness (QED) is 0.137. The first-order valence-electron chi connectivity index (χ1n) is 12.4. The van der Waals surface area contributed by atoms with Gasteiger partial charge in [-0.3, -0.25) is 10.0 Å². The van der Waals surface area contributed by atoms with Crippen molar-refractivity contribution in [3.8, 4) is 18.1 Å². The lowest BCUT2D eigenvalue weighted by Crippen LogP contribution is -2.37.